The van der Waals surface area contributed by atoms with Crippen molar-refractivity contribution in [3.63, 3.8) is 0 Å². The Balaban J connectivity index is 1.46. The molecule has 0 bridgehead atoms. The molecular formula is C19H30N4O3. The van der Waals surface area contributed by atoms with Crippen LogP contribution >= 0.6 is 0 Å². The number of nitrogens with zero attached hydrogens (tertiary/aromatic N) is 3. The molecule has 144 valence electrons. The van der Waals surface area contributed by atoms with Crippen LogP contribution in [-0.2, 0) is 9.47 Å². The Morgan fingerprint density at radius 2 is 2.23 bits per heavy atom. The molecule has 1 N–H and O–H groups in total. The van der Waals surface area contributed by atoms with E-state index in [9.17, 15) is 4.79 Å². The number of aromatic nitrogens is 2. The van der Waals surface area contributed by atoms with Crippen molar-refractivity contribution in [2.45, 2.75) is 31.7 Å². The average molecular weight is 362 g/mol. The monoisotopic (exact) mass is 362 g/mol. The third kappa shape index (κ3) is 3.40. The summed E-state index contributed by atoms with van der Waals surface area (Å²) in [5, 5.41) is 6.73. The lowest BCUT2D eigenvalue weighted by molar-refractivity contribution is -0.0792. The summed E-state index contributed by atoms with van der Waals surface area (Å²) in [5.41, 5.74) is 0.670. The third-order valence-corrected chi connectivity index (χ3v) is 6.66. The van der Waals surface area contributed by atoms with Crippen LogP contribution in [0.5, 0.6) is 0 Å². The van der Waals surface area contributed by atoms with E-state index in [1.165, 1.54) is 12.8 Å². The molecule has 1 aromatic heterocycles. The van der Waals surface area contributed by atoms with Gasteiger partial charge in [0.25, 0.3) is 5.91 Å². The number of aromatic amines is 1. The fourth-order valence-corrected chi connectivity index (χ4v) is 5.27. The third-order valence-electron chi connectivity index (χ3n) is 6.66. The number of H-pyrrole nitrogens is 1. The lowest BCUT2D eigenvalue weighted by Crippen LogP contribution is -2.58. The van der Waals surface area contributed by atoms with Crippen LogP contribution in [0.2, 0.25) is 0 Å². The van der Waals surface area contributed by atoms with E-state index in [2.05, 4.69) is 15.1 Å². The van der Waals surface area contributed by atoms with Crippen LogP contribution in [-0.4, -0.2) is 85.1 Å². The molecule has 3 fully saturated rings. The van der Waals surface area contributed by atoms with Gasteiger partial charge < -0.3 is 14.4 Å². The van der Waals surface area contributed by atoms with Crippen molar-refractivity contribution in [1.29, 1.82) is 0 Å². The number of amides is 1. The molecular weight excluding hydrogens is 332 g/mol. The van der Waals surface area contributed by atoms with Gasteiger partial charge in [-0.3, -0.25) is 14.8 Å². The summed E-state index contributed by atoms with van der Waals surface area (Å²) in [6, 6.07) is 2.41. The van der Waals surface area contributed by atoms with Crippen molar-refractivity contribution in [1.82, 2.24) is 20.0 Å². The minimum Gasteiger partial charge on any atom is -0.384 e. The van der Waals surface area contributed by atoms with E-state index >= 15 is 0 Å². The van der Waals surface area contributed by atoms with Crippen LogP contribution in [0.25, 0.3) is 0 Å². The first kappa shape index (κ1) is 17.9. The first-order valence-electron chi connectivity index (χ1n) is 9.81. The van der Waals surface area contributed by atoms with Crippen molar-refractivity contribution >= 4 is 5.91 Å². The summed E-state index contributed by atoms with van der Waals surface area (Å²) in [5.74, 6) is 0.682. The van der Waals surface area contributed by atoms with Crippen LogP contribution in [0.1, 0.15) is 36.2 Å². The van der Waals surface area contributed by atoms with Gasteiger partial charge in [-0.05, 0) is 37.7 Å². The molecule has 1 amide bonds. The molecule has 0 aromatic carbocycles. The number of hydrogen-bond acceptors (Lipinski definition) is 5. The topological polar surface area (TPSA) is 70.7 Å². The Kier molecular flexibility index (Phi) is 5.29. The highest BCUT2D eigenvalue weighted by atomic mass is 16.5. The second kappa shape index (κ2) is 7.66. The first-order chi connectivity index (χ1) is 12.7. The van der Waals surface area contributed by atoms with Crippen molar-refractivity contribution in [2.24, 2.45) is 11.3 Å². The maximum absolute atomic E-state index is 12.8. The Hall–Kier alpha value is -1.44. The normalized spacial score (nSPS) is 33.0. The van der Waals surface area contributed by atoms with Gasteiger partial charge >= 0.3 is 0 Å². The van der Waals surface area contributed by atoms with E-state index in [1.54, 1.807) is 19.4 Å². The minimum atomic E-state index is 0.0618. The van der Waals surface area contributed by atoms with Crippen LogP contribution < -0.4 is 0 Å². The number of morpholine rings is 1. The Morgan fingerprint density at radius 1 is 1.38 bits per heavy atom. The number of hydrogen-bond donors (Lipinski definition) is 1. The second-order valence-electron chi connectivity index (χ2n) is 8.05. The summed E-state index contributed by atoms with van der Waals surface area (Å²) >= 11 is 0. The van der Waals surface area contributed by atoms with Gasteiger partial charge in [0.1, 0.15) is 5.69 Å². The summed E-state index contributed by atoms with van der Waals surface area (Å²) in [4.78, 5) is 17.4. The van der Waals surface area contributed by atoms with Crippen molar-refractivity contribution in [2.75, 3.05) is 53.1 Å². The van der Waals surface area contributed by atoms with Gasteiger partial charge in [0, 0.05) is 50.9 Å². The quantitative estimate of drug-likeness (QED) is 0.876. The van der Waals surface area contributed by atoms with Gasteiger partial charge in [0.2, 0.25) is 0 Å². The molecule has 1 saturated carbocycles. The van der Waals surface area contributed by atoms with E-state index in [4.69, 9.17) is 9.47 Å². The maximum atomic E-state index is 12.8. The number of piperidine rings is 1. The molecule has 4 rings (SSSR count). The van der Waals surface area contributed by atoms with Crippen molar-refractivity contribution < 1.29 is 14.3 Å². The molecule has 2 aliphatic heterocycles. The highest BCUT2D eigenvalue weighted by Gasteiger charge is 2.49. The molecule has 2 saturated heterocycles. The predicted molar refractivity (Wildman–Crippen MR) is 96.9 cm³/mol. The van der Waals surface area contributed by atoms with Gasteiger partial charge in [-0.15, -0.1) is 0 Å². The predicted octanol–water partition coefficient (Wildman–Crippen LogP) is 1.39. The molecule has 0 radical (unpaired) electrons. The van der Waals surface area contributed by atoms with E-state index in [0.717, 1.165) is 58.8 Å². The summed E-state index contributed by atoms with van der Waals surface area (Å²) in [6.07, 6.45) is 6.23. The second-order valence-corrected chi connectivity index (χ2v) is 8.05. The van der Waals surface area contributed by atoms with Crippen LogP contribution in [0.3, 0.4) is 0 Å². The molecule has 26 heavy (non-hydrogen) atoms. The van der Waals surface area contributed by atoms with Crippen LogP contribution in [0, 0.1) is 11.3 Å². The summed E-state index contributed by atoms with van der Waals surface area (Å²) in [6.45, 7) is 6.18. The van der Waals surface area contributed by atoms with E-state index in [-0.39, 0.29) is 11.3 Å². The standard InChI is InChI=1S/C19H30N4O3/c1-25-14-19-5-2-16(22-8-10-26-11-9-22)12-15(19)4-7-23(13-19)18(24)17-3-6-20-21-17/h3,6,15-16H,2,4-5,7-14H2,1H3,(H,20,21)/t15-,16-,19+/m1/s1. The zero-order chi connectivity index (χ0) is 18.0. The molecule has 1 aromatic rings. The Morgan fingerprint density at radius 3 is 2.96 bits per heavy atom. The highest BCUT2D eigenvalue weighted by Crippen LogP contribution is 2.48. The molecule has 1 aliphatic carbocycles. The fraction of sp³-hybridized carbons (Fsp3) is 0.789. The van der Waals surface area contributed by atoms with Crippen LogP contribution in [0.4, 0.5) is 0 Å². The first-order valence-corrected chi connectivity index (χ1v) is 9.81. The number of rotatable bonds is 4. The Labute approximate surface area is 155 Å². The summed E-state index contributed by atoms with van der Waals surface area (Å²) < 4.78 is 11.2. The fourth-order valence-electron chi connectivity index (χ4n) is 5.27. The van der Waals surface area contributed by atoms with E-state index in [0.29, 0.717) is 17.7 Å². The zero-order valence-electron chi connectivity index (χ0n) is 15.7. The van der Waals surface area contributed by atoms with Gasteiger partial charge in [-0.1, -0.05) is 0 Å². The van der Waals surface area contributed by atoms with Gasteiger partial charge in [0.15, 0.2) is 0 Å². The van der Waals surface area contributed by atoms with E-state index in [1.807, 2.05) is 4.90 Å². The highest BCUT2D eigenvalue weighted by molar-refractivity contribution is 5.92. The largest absolute Gasteiger partial charge is 0.384 e. The van der Waals surface area contributed by atoms with Gasteiger partial charge in [0.05, 0.1) is 19.8 Å². The molecule has 3 aliphatic rings. The smallest absolute Gasteiger partial charge is 0.271 e. The summed E-state index contributed by atoms with van der Waals surface area (Å²) in [7, 11) is 1.79. The molecule has 7 nitrogen and oxygen atoms in total. The zero-order valence-corrected chi connectivity index (χ0v) is 15.7. The number of carbonyl (C=O) groups excluding carboxylic acids is 1. The number of methoxy groups -OCH3 is 1. The number of likely N-dealkylation sites (tertiary alicyclic amines) is 1. The Bertz CT molecular complexity index is 602. The molecule has 3 atom stereocenters. The van der Waals surface area contributed by atoms with Crippen molar-refractivity contribution in [3.05, 3.63) is 18.0 Å². The molecule has 0 unspecified atom stereocenters. The SMILES string of the molecule is COC[C@@]12CC[C@@H](N3CCOCC3)C[C@H]1CCN(C(=O)c1ccn[nH]1)C2. The van der Waals surface area contributed by atoms with Gasteiger partial charge in [-0.2, -0.15) is 5.10 Å². The van der Waals surface area contributed by atoms with E-state index < -0.39 is 0 Å². The molecule has 0 spiro atoms. The molecule has 7 heteroatoms. The van der Waals surface area contributed by atoms with Crippen molar-refractivity contribution in [3.8, 4) is 0 Å². The minimum absolute atomic E-state index is 0.0618. The lowest BCUT2D eigenvalue weighted by atomic mass is 9.61. The molecule has 3 heterocycles. The lowest BCUT2D eigenvalue weighted by Gasteiger charge is -2.54. The number of carbonyl (C=O) groups is 1. The number of nitrogens with one attached hydrogen (secondary N) is 1. The number of fused-ring (bicyclic) bond motifs is 1. The van der Waals surface area contributed by atoms with Gasteiger partial charge in [-0.25, -0.2) is 0 Å². The number of ether oxygens (including phenoxy) is 2. The van der Waals surface area contributed by atoms with Crippen LogP contribution in [0.15, 0.2) is 12.3 Å². The maximum Gasteiger partial charge on any atom is 0.271 e. The average Bonchev–Trinajstić information content (AvgIpc) is 3.22.